The van der Waals surface area contributed by atoms with E-state index in [1.807, 2.05) is 34.0 Å². The highest BCUT2D eigenvalue weighted by molar-refractivity contribution is 7.98. The number of hydrogen-bond acceptors (Lipinski definition) is 5. The van der Waals surface area contributed by atoms with Crippen molar-refractivity contribution in [3.05, 3.63) is 12.0 Å². The maximum absolute atomic E-state index is 10.6. The molecule has 0 saturated heterocycles. The third-order valence-corrected chi connectivity index (χ3v) is 2.18. The van der Waals surface area contributed by atoms with Gasteiger partial charge in [-0.05, 0) is 6.26 Å². The monoisotopic (exact) mass is 270 g/mol. The molecule has 7 heteroatoms. The highest BCUT2D eigenvalue weighted by Gasteiger charge is 2.09. The Morgan fingerprint density at radius 2 is 1.89 bits per heavy atom. The molecule has 0 saturated carbocycles. The zero-order chi connectivity index (χ0) is 14.1. The van der Waals surface area contributed by atoms with Crippen LogP contribution in [-0.4, -0.2) is 37.3 Å². The van der Waals surface area contributed by atoms with Gasteiger partial charge in [-0.3, -0.25) is 0 Å². The zero-order valence-corrected chi connectivity index (χ0v) is 12.0. The van der Waals surface area contributed by atoms with Gasteiger partial charge in [-0.25, -0.2) is 19.7 Å². The second-order valence-corrected chi connectivity index (χ2v) is 3.28. The number of carbonyl (C=O) groups is 1. The molecule has 2 N–H and O–H groups in total. The molecule has 0 radical (unpaired) electrons. The molecule has 0 aliphatic heterocycles. The summed E-state index contributed by atoms with van der Waals surface area (Å²) in [5.74, 6) is -1.39. The van der Waals surface area contributed by atoms with Crippen LogP contribution in [-0.2, 0) is 0 Å². The van der Waals surface area contributed by atoms with Gasteiger partial charge in [-0.15, -0.1) is 0 Å². The van der Waals surface area contributed by atoms with Gasteiger partial charge in [-0.1, -0.05) is 39.5 Å². The maximum atomic E-state index is 10.6. The molecule has 0 unspecified atom stereocenters. The third kappa shape index (κ3) is 3.99. The molecular weight excluding hydrogens is 252 g/mol. The molecule has 2 aromatic heterocycles. The minimum absolute atomic E-state index is 0.239. The first-order valence-corrected chi connectivity index (χ1v) is 6.93. The van der Waals surface area contributed by atoms with Crippen molar-refractivity contribution in [1.29, 1.82) is 0 Å². The predicted molar refractivity (Wildman–Crippen MR) is 73.1 cm³/mol. The summed E-state index contributed by atoms with van der Waals surface area (Å²) in [5.41, 5.74) is 1.01. The van der Waals surface area contributed by atoms with Crippen LogP contribution in [0.1, 0.15) is 38.3 Å². The number of thioether (sulfide) groups is 1. The van der Waals surface area contributed by atoms with Crippen molar-refractivity contribution >= 4 is 28.9 Å². The van der Waals surface area contributed by atoms with Crippen LogP contribution in [0.15, 0.2) is 11.4 Å². The summed E-state index contributed by atoms with van der Waals surface area (Å²) in [6, 6.07) is 0. The largest absolute Gasteiger partial charge is 0.475 e. The highest BCUT2D eigenvalue weighted by Crippen LogP contribution is 2.14. The van der Waals surface area contributed by atoms with Gasteiger partial charge in [0.15, 0.2) is 10.8 Å². The van der Waals surface area contributed by atoms with E-state index in [-0.39, 0.29) is 5.82 Å². The minimum atomic E-state index is -1.15. The van der Waals surface area contributed by atoms with Crippen LogP contribution >= 0.6 is 11.8 Å². The molecule has 0 atom stereocenters. The number of aromatic amines is 1. The Kier molecular flexibility index (Phi) is 7.69. The molecule has 0 aliphatic rings. The lowest BCUT2D eigenvalue weighted by Gasteiger charge is -1.90. The van der Waals surface area contributed by atoms with Crippen molar-refractivity contribution in [2.75, 3.05) is 6.26 Å². The van der Waals surface area contributed by atoms with E-state index in [1.165, 1.54) is 18.0 Å². The van der Waals surface area contributed by atoms with E-state index < -0.39 is 5.97 Å². The number of rotatable bonds is 2. The number of carboxylic acids is 1. The normalized spacial score (nSPS) is 8.94. The van der Waals surface area contributed by atoms with E-state index in [1.54, 1.807) is 0 Å². The lowest BCUT2D eigenvalue weighted by Crippen LogP contribution is -2.03. The SMILES string of the molecule is CC.CC.CSc1nc2nc(C(=O)O)ncc2[nH]1. The summed E-state index contributed by atoms with van der Waals surface area (Å²) < 4.78 is 0. The van der Waals surface area contributed by atoms with Gasteiger partial charge in [0.25, 0.3) is 0 Å². The van der Waals surface area contributed by atoms with Crippen LogP contribution in [0.3, 0.4) is 0 Å². The summed E-state index contributed by atoms with van der Waals surface area (Å²) in [5, 5.41) is 9.33. The van der Waals surface area contributed by atoms with E-state index in [4.69, 9.17) is 5.11 Å². The summed E-state index contributed by atoms with van der Waals surface area (Å²) in [7, 11) is 0. The first-order valence-electron chi connectivity index (χ1n) is 5.71. The molecule has 2 rings (SSSR count). The minimum Gasteiger partial charge on any atom is -0.475 e. The van der Waals surface area contributed by atoms with Gasteiger partial charge >= 0.3 is 5.97 Å². The van der Waals surface area contributed by atoms with Crippen molar-refractivity contribution in [2.45, 2.75) is 32.9 Å². The van der Waals surface area contributed by atoms with Crippen molar-refractivity contribution in [1.82, 2.24) is 19.9 Å². The van der Waals surface area contributed by atoms with Crippen LogP contribution in [0, 0.1) is 0 Å². The number of carboxylic acid groups (broad SMARTS) is 1. The second-order valence-electron chi connectivity index (χ2n) is 2.48. The van der Waals surface area contributed by atoms with Crippen molar-refractivity contribution in [3.63, 3.8) is 0 Å². The zero-order valence-electron chi connectivity index (χ0n) is 11.2. The summed E-state index contributed by atoms with van der Waals surface area (Å²) in [6.07, 6.45) is 3.28. The lowest BCUT2D eigenvalue weighted by atomic mass is 10.5. The first-order chi connectivity index (χ1) is 8.70. The van der Waals surface area contributed by atoms with Crippen molar-refractivity contribution in [3.8, 4) is 0 Å². The van der Waals surface area contributed by atoms with Crippen LogP contribution in [0.2, 0.25) is 0 Å². The molecule has 0 aliphatic carbocycles. The fourth-order valence-corrected chi connectivity index (χ4v) is 1.38. The quantitative estimate of drug-likeness (QED) is 0.815. The molecule has 0 amide bonds. The first kappa shape index (κ1) is 16.4. The Hall–Kier alpha value is -1.63. The summed E-state index contributed by atoms with van der Waals surface area (Å²) in [4.78, 5) is 25.0. The maximum Gasteiger partial charge on any atom is 0.374 e. The molecule has 18 heavy (non-hydrogen) atoms. The Labute approximate surface area is 110 Å². The number of nitrogens with one attached hydrogen (secondary N) is 1. The van der Waals surface area contributed by atoms with E-state index in [0.29, 0.717) is 16.3 Å². The van der Waals surface area contributed by atoms with Crippen LogP contribution in [0.4, 0.5) is 0 Å². The standard InChI is InChI=1S/C7H6N4O2S.2C2H6/c1-14-7-9-3-2-8-5(6(12)13)10-4(3)11-7;2*1-2/h2H,1H3,(H,12,13)(H,8,9,10,11);2*1-2H3. The fourth-order valence-electron chi connectivity index (χ4n) is 0.985. The van der Waals surface area contributed by atoms with Crippen LogP contribution < -0.4 is 0 Å². The van der Waals surface area contributed by atoms with Gasteiger partial charge in [0.05, 0.1) is 6.20 Å². The van der Waals surface area contributed by atoms with Crippen molar-refractivity contribution < 1.29 is 9.90 Å². The smallest absolute Gasteiger partial charge is 0.374 e. The lowest BCUT2D eigenvalue weighted by molar-refractivity contribution is 0.0684. The molecule has 100 valence electrons. The average molecular weight is 270 g/mol. The van der Waals surface area contributed by atoms with Gasteiger partial charge in [0, 0.05) is 0 Å². The van der Waals surface area contributed by atoms with Gasteiger partial charge in [0.2, 0.25) is 5.82 Å². The molecule has 0 aromatic carbocycles. The van der Waals surface area contributed by atoms with Crippen LogP contribution in [0.5, 0.6) is 0 Å². The van der Waals surface area contributed by atoms with Gasteiger partial charge in [-0.2, -0.15) is 0 Å². The highest BCUT2D eigenvalue weighted by atomic mass is 32.2. The summed E-state index contributed by atoms with van der Waals surface area (Å²) >= 11 is 1.43. The number of aromatic nitrogens is 4. The van der Waals surface area contributed by atoms with Crippen molar-refractivity contribution in [2.24, 2.45) is 0 Å². The molecule has 0 fully saturated rings. The summed E-state index contributed by atoms with van der Waals surface area (Å²) in [6.45, 7) is 8.00. The van der Waals surface area contributed by atoms with Gasteiger partial charge in [0.1, 0.15) is 5.52 Å². The molecular formula is C11H18N4O2S. The fraction of sp³-hybridized carbons (Fsp3) is 0.455. The number of H-pyrrole nitrogens is 1. The molecule has 2 aromatic rings. The van der Waals surface area contributed by atoms with Crippen LogP contribution in [0.25, 0.3) is 11.2 Å². The Balaban J connectivity index is 0.000000659. The average Bonchev–Trinajstić information content (AvgIpc) is 2.85. The van der Waals surface area contributed by atoms with Gasteiger partial charge < -0.3 is 10.1 Å². The molecule has 6 nitrogen and oxygen atoms in total. The molecule has 0 bridgehead atoms. The van der Waals surface area contributed by atoms with E-state index in [0.717, 1.165) is 0 Å². The molecule has 0 spiro atoms. The topological polar surface area (TPSA) is 91.8 Å². The number of imidazole rings is 1. The predicted octanol–water partition coefficient (Wildman–Crippen LogP) is 2.83. The molecule has 2 heterocycles. The van der Waals surface area contributed by atoms with E-state index in [2.05, 4.69) is 19.9 Å². The Morgan fingerprint density at radius 1 is 1.28 bits per heavy atom. The number of aromatic carboxylic acids is 1. The number of nitrogens with zero attached hydrogens (tertiary/aromatic N) is 3. The Morgan fingerprint density at radius 3 is 2.39 bits per heavy atom. The van der Waals surface area contributed by atoms with E-state index >= 15 is 0 Å². The number of hydrogen-bond donors (Lipinski definition) is 2. The third-order valence-electron chi connectivity index (χ3n) is 1.60. The Bertz CT molecular complexity index is 499. The number of fused-ring (bicyclic) bond motifs is 1. The van der Waals surface area contributed by atoms with E-state index in [9.17, 15) is 4.79 Å². The second kappa shape index (κ2) is 8.46.